The van der Waals surface area contributed by atoms with E-state index in [-0.39, 0.29) is 12.5 Å². The Morgan fingerprint density at radius 2 is 1.94 bits per heavy atom. The molecule has 0 radical (unpaired) electrons. The second kappa shape index (κ2) is 9.60. The van der Waals surface area contributed by atoms with Crippen LogP contribution in [0.4, 0.5) is 5.69 Å². The van der Waals surface area contributed by atoms with Crippen LogP contribution in [-0.4, -0.2) is 38.7 Å². The number of carbonyl (C=O) groups excluding carboxylic acids is 1. The van der Waals surface area contributed by atoms with Crippen molar-refractivity contribution < 1.29 is 9.21 Å². The van der Waals surface area contributed by atoms with Crippen LogP contribution in [0.25, 0.3) is 22.4 Å². The summed E-state index contributed by atoms with van der Waals surface area (Å²) in [5, 5.41) is 13.2. The lowest BCUT2D eigenvalue weighted by molar-refractivity contribution is -0.116. The molecule has 0 saturated carbocycles. The number of nitrogens with zero attached hydrogens (tertiary/aromatic N) is 4. The van der Waals surface area contributed by atoms with Gasteiger partial charge in [0.05, 0.1) is 12.1 Å². The fourth-order valence-corrected chi connectivity index (χ4v) is 4.65. The number of hydrogen-bond acceptors (Lipinski definition) is 5. The van der Waals surface area contributed by atoms with E-state index in [0.717, 1.165) is 41.0 Å². The largest absolute Gasteiger partial charge is 0.419 e. The van der Waals surface area contributed by atoms with Crippen molar-refractivity contribution in [1.82, 2.24) is 19.7 Å². The van der Waals surface area contributed by atoms with Crippen molar-refractivity contribution >= 4 is 34.1 Å². The maximum absolute atomic E-state index is 12.9. The number of piperidine rings is 1. The topological polar surface area (TPSA) is 76.2 Å². The third kappa shape index (κ3) is 4.72. The van der Waals surface area contributed by atoms with E-state index in [0.29, 0.717) is 29.0 Å². The van der Waals surface area contributed by atoms with Gasteiger partial charge in [-0.05, 0) is 62.5 Å². The van der Waals surface area contributed by atoms with E-state index in [1.165, 1.54) is 12.8 Å². The first-order valence-corrected chi connectivity index (χ1v) is 12.0. The zero-order valence-corrected chi connectivity index (χ0v) is 20.2. The Balaban J connectivity index is 1.36. The van der Waals surface area contributed by atoms with E-state index < -0.39 is 0 Å². The van der Waals surface area contributed by atoms with Crippen molar-refractivity contribution in [1.29, 1.82) is 0 Å². The lowest BCUT2D eigenvalue weighted by Crippen LogP contribution is -2.32. The fraction of sp³-hybridized carbons (Fsp3) is 0.346. The molecule has 0 aliphatic carbocycles. The first-order chi connectivity index (χ1) is 16.5. The molecule has 8 heteroatoms. The molecule has 3 heterocycles. The van der Waals surface area contributed by atoms with E-state index in [9.17, 15) is 4.79 Å². The average Bonchev–Trinajstić information content (AvgIpc) is 3.43. The Bertz CT molecular complexity index is 1320. The minimum atomic E-state index is -0.136. The highest BCUT2D eigenvalue weighted by atomic mass is 35.5. The third-order valence-corrected chi connectivity index (χ3v) is 6.99. The molecule has 0 bridgehead atoms. The molecular weight excluding hydrogens is 450 g/mol. The van der Waals surface area contributed by atoms with Crippen LogP contribution in [0.3, 0.4) is 0 Å². The van der Waals surface area contributed by atoms with Crippen molar-refractivity contribution in [2.24, 2.45) is 5.92 Å². The Labute approximate surface area is 203 Å². The molecular formula is C26H28ClN5O2. The standard InChI is InChI=1S/C26H28ClN5O2/c1-17-10-12-31(13-11-17)16-25-29-30-26(34-25)20-14-32(23-9-4-3-6-19(20)23)15-24(33)28-22-8-5-7-21(27)18(22)2/h3-9,14,17H,10-13,15-16H2,1-2H3,(H,28,33). The SMILES string of the molecule is Cc1c(Cl)cccc1NC(=O)Cn1cc(-c2nnc(CN3CCC(C)CC3)o2)c2ccccc21. The summed E-state index contributed by atoms with van der Waals surface area (Å²) in [6.45, 7) is 7.12. The molecule has 176 valence electrons. The lowest BCUT2D eigenvalue weighted by Gasteiger charge is -2.28. The van der Waals surface area contributed by atoms with Crippen LogP contribution in [0.1, 0.15) is 31.2 Å². The van der Waals surface area contributed by atoms with Crippen molar-refractivity contribution in [2.75, 3.05) is 18.4 Å². The molecule has 1 aliphatic rings. The zero-order valence-electron chi connectivity index (χ0n) is 19.4. The summed E-state index contributed by atoms with van der Waals surface area (Å²) in [4.78, 5) is 15.2. The van der Waals surface area contributed by atoms with Gasteiger partial charge < -0.3 is 14.3 Å². The summed E-state index contributed by atoms with van der Waals surface area (Å²) in [5.74, 6) is 1.74. The van der Waals surface area contributed by atoms with E-state index >= 15 is 0 Å². The number of fused-ring (bicyclic) bond motifs is 1. The van der Waals surface area contributed by atoms with Gasteiger partial charge in [0.2, 0.25) is 17.7 Å². The Hall–Kier alpha value is -3.16. The van der Waals surface area contributed by atoms with Gasteiger partial charge in [-0.15, -0.1) is 10.2 Å². The van der Waals surface area contributed by atoms with Gasteiger partial charge in [-0.3, -0.25) is 9.69 Å². The molecule has 1 N–H and O–H groups in total. The molecule has 1 aliphatic heterocycles. The van der Waals surface area contributed by atoms with Gasteiger partial charge >= 0.3 is 0 Å². The monoisotopic (exact) mass is 477 g/mol. The molecule has 7 nitrogen and oxygen atoms in total. The molecule has 4 aromatic rings. The maximum atomic E-state index is 12.9. The van der Waals surface area contributed by atoms with E-state index in [2.05, 4.69) is 27.3 Å². The molecule has 1 saturated heterocycles. The van der Waals surface area contributed by atoms with Crippen LogP contribution in [0.5, 0.6) is 0 Å². The molecule has 5 rings (SSSR count). The number of likely N-dealkylation sites (tertiary alicyclic amines) is 1. The molecule has 2 aromatic carbocycles. The predicted octanol–water partition coefficient (Wildman–Crippen LogP) is 5.52. The fourth-order valence-electron chi connectivity index (χ4n) is 4.47. The second-order valence-corrected chi connectivity index (χ2v) is 9.52. The van der Waals surface area contributed by atoms with E-state index in [1.54, 1.807) is 0 Å². The van der Waals surface area contributed by atoms with Crippen LogP contribution in [0.15, 0.2) is 53.1 Å². The van der Waals surface area contributed by atoms with Crippen molar-refractivity contribution in [3.63, 3.8) is 0 Å². The average molecular weight is 478 g/mol. The van der Waals surface area contributed by atoms with Crippen molar-refractivity contribution in [2.45, 2.75) is 39.8 Å². The van der Waals surface area contributed by atoms with Gasteiger partial charge in [0, 0.05) is 27.8 Å². The summed E-state index contributed by atoms with van der Waals surface area (Å²) in [7, 11) is 0. The lowest BCUT2D eigenvalue weighted by atomic mass is 9.99. The maximum Gasteiger partial charge on any atom is 0.249 e. The van der Waals surface area contributed by atoms with Crippen LogP contribution >= 0.6 is 11.6 Å². The highest BCUT2D eigenvalue weighted by Gasteiger charge is 2.21. The summed E-state index contributed by atoms with van der Waals surface area (Å²) in [5.41, 5.74) is 3.31. The van der Waals surface area contributed by atoms with Crippen LogP contribution in [-0.2, 0) is 17.9 Å². The minimum absolute atomic E-state index is 0.136. The summed E-state index contributed by atoms with van der Waals surface area (Å²) < 4.78 is 7.97. The number of hydrogen-bond donors (Lipinski definition) is 1. The summed E-state index contributed by atoms with van der Waals surface area (Å²) >= 11 is 6.19. The minimum Gasteiger partial charge on any atom is -0.419 e. The van der Waals surface area contributed by atoms with Gasteiger partial charge in [0.15, 0.2) is 0 Å². The Kier molecular flexibility index (Phi) is 6.39. The Morgan fingerprint density at radius 1 is 1.15 bits per heavy atom. The van der Waals surface area contributed by atoms with Gasteiger partial charge in [0.1, 0.15) is 6.54 Å². The molecule has 0 unspecified atom stereocenters. The Morgan fingerprint density at radius 3 is 2.76 bits per heavy atom. The number of halogens is 1. The first kappa shape index (κ1) is 22.6. The number of para-hydroxylation sites is 1. The normalized spacial score (nSPS) is 15.1. The van der Waals surface area contributed by atoms with Crippen molar-refractivity contribution in [3.8, 4) is 11.5 Å². The van der Waals surface area contributed by atoms with Gasteiger partial charge in [0.25, 0.3) is 0 Å². The van der Waals surface area contributed by atoms with Gasteiger partial charge in [-0.1, -0.05) is 42.8 Å². The molecule has 0 atom stereocenters. The second-order valence-electron chi connectivity index (χ2n) is 9.11. The summed E-state index contributed by atoms with van der Waals surface area (Å²) in [6.07, 6.45) is 4.31. The predicted molar refractivity (Wildman–Crippen MR) is 134 cm³/mol. The summed E-state index contributed by atoms with van der Waals surface area (Å²) in [6, 6.07) is 13.4. The number of nitrogens with one attached hydrogen (secondary N) is 1. The molecule has 0 spiro atoms. The van der Waals surface area contributed by atoms with E-state index in [4.69, 9.17) is 16.0 Å². The third-order valence-electron chi connectivity index (χ3n) is 6.58. The smallest absolute Gasteiger partial charge is 0.249 e. The highest BCUT2D eigenvalue weighted by Crippen LogP contribution is 2.30. The number of benzene rings is 2. The molecule has 34 heavy (non-hydrogen) atoms. The molecule has 1 amide bonds. The van der Waals surface area contributed by atoms with Gasteiger partial charge in [-0.25, -0.2) is 0 Å². The number of aromatic nitrogens is 3. The van der Waals surface area contributed by atoms with Crippen LogP contribution in [0.2, 0.25) is 5.02 Å². The number of anilines is 1. The first-order valence-electron chi connectivity index (χ1n) is 11.7. The van der Waals surface area contributed by atoms with Crippen molar-refractivity contribution in [3.05, 3.63) is 65.1 Å². The van der Waals surface area contributed by atoms with Crippen LogP contribution < -0.4 is 5.32 Å². The number of rotatable bonds is 6. The van der Waals surface area contributed by atoms with Crippen LogP contribution in [0, 0.1) is 12.8 Å². The quantitative estimate of drug-likeness (QED) is 0.395. The molecule has 2 aromatic heterocycles. The molecule has 1 fully saturated rings. The highest BCUT2D eigenvalue weighted by molar-refractivity contribution is 6.31. The van der Waals surface area contributed by atoms with Gasteiger partial charge in [-0.2, -0.15) is 0 Å². The number of amides is 1. The number of carbonyl (C=O) groups is 1. The zero-order chi connectivity index (χ0) is 23.7. The van der Waals surface area contributed by atoms with E-state index in [1.807, 2.05) is 60.2 Å².